The first-order valence-electron chi connectivity index (χ1n) is 5.75. The van der Waals surface area contributed by atoms with E-state index in [4.69, 9.17) is 9.47 Å². The van der Waals surface area contributed by atoms with Gasteiger partial charge in [-0.15, -0.1) is 0 Å². The fraction of sp³-hybridized carbons (Fsp3) is 0.200. The number of hydrogen-bond donors (Lipinski definition) is 0. The average molecular weight is 226 g/mol. The van der Waals surface area contributed by atoms with Crippen LogP contribution in [-0.4, -0.2) is 13.7 Å². The lowest BCUT2D eigenvalue weighted by Crippen LogP contribution is -2.14. The van der Waals surface area contributed by atoms with Gasteiger partial charge in [-0.25, -0.2) is 0 Å². The van der Waals surface area contributed by atoms with E-state index in [0.29, 0.717) is 6.61 Å². The summed E-state index contributed by atoms with van der Waals surface area (Å²) in [5.74, 6) is 2.14. The van der Waals surface area contributed by atoms with E-state index < -0.39 is 0 Å². The van der Waals surface area contributed by atoms with Crippen molar-refractivity contribution in [2.75, 3.05) is 13.7 Å². The van der Waals surface area contributed by atoms with Gasteiger partial charge in [0.25, 0.3) is 0 Å². The molecule has 0 aliphatic carbocycles. The third-order valence-electron chi connectivity index (χ3n) is 3.14. The third-order valence-corrected chi connectivity index (χ3v) is 3.14. The summed E-state index contributed by atoms with van der Waals surface area (Å²) in [4.78, 5) is 0. The zero-order chi connectivity index (χ0) is 11.7. The maximum absolute atomic E-state index is 5.90. The van der Waals surface area contributed by atoms with Crippen molar-refractivity contribution in [1.29, 1.82) is 0 Å². The van der Waals surface area contributed by atoms with E-state index in [1.807, 2.05) is 36.4 Å². The largest absolute Gasteiger partial charge is 0.457 e. The fourth-order valence-corrected chi connectivity index (χ4v) is 2.35. The Kier molecular flexibility index (Phi) is 2.57. The molecule has 0 bridgehead atoms. The Morgan fingerprint density at radius 3 is 2.00 bits per heavy atom. The number of hydrogen-bond acceptors (Lipinski definition) is 2. The van der Waals surface area contributed by atoms with Crippen LogP contribution in [0.4, 0.5) is 0 Å². The molecule has 0 unspecified atom stereocenters. The first-order chi connectivity index (χ1) is 8.40. The molecule has 1 aliphatic heterocycles. The van der Waals surface area contributed by atoms with Crippen LogP contribution in [0.3, 0.4) is 0 Å². The van der Waals surface area contributed by atoms with Gasteiger partial charge in [-0.1, -0.05) is 36.4 Å². The van der Waals surface area contributed by atoms with Gasteiger partial charge in [0, 0.05) is 24.2 Å². The monoisotopic (exact) mass is 226 g/mol. The summed E-state index contributed by atoms with van der Waals surface area (Å²) in [5.41, 5.74) is 2.40. The highest BCUT2D eigenvalue weighted by molar-refractivity contribution is 5.53. The molecule has 2 aromatic carbocycles. The maximum Gasteiger partial charge on any atom is 0.131 e. The summed E-state index contributed by atoms with van der Waals surface area (Å²) in [7, 11) is 1.74. The minimum Gasteiger partial charge on any atom is -0.457 e. The van der Waals surface area contributed by atoms with E-state index in [1.165, 1.54) is 11.1 Å². The molecule has 2 heteroatoms. The Labute approximate surface area is 101 Å². The van der Waals surface area contributed by atoms with E-state index >= 15 is 0 Å². The molecular formula is C15H14O2. The van der Waals surface area contributed by atoms with Crippen LogP contribution in [0.1, 0.15) is 17.0 Å². The summed E-state index contributed by atoms with van der Waals surface area (Å²) in [6, 6.07) is 16.3. The molecule has 0 saturated carbocycles. The number of methoxy groups -OCH3 is 1. The topological polar surface area (TPSA) is 18.5 Å². The molecular weight excluding hydrogens is 212 g/mol. The highest BCUT2D eigenvalue weighted by Gasteiger charge is 2.26. The van der Waals surface area contributed by atoms with Crippen molar-refractivity contribution in [3.05, 3.63) is 59.7 Å². The molecule has 86 valence electrons. The molecule has 2 nitrogen and oxygen atoms in total. The van der Waals surface area contributed by atoms with Crippen LogP contribution >= 0.6 is 0 Å². The Morgan fingerprint density at radius 2 is 1.47 bits per heavy atom. The van der Waals surface area contributed by atoms with Crippen LogP contribution in [-0.2, 0) is 4.74 Å². The third kappa shape index (κ3) is 1.71. The van der Waals surface area contributed by atoms with Gasteiger partial charge in [0.2, 0.25) is 0 Å². The van der Waals surface area contributed by atoms with Gasteiger partial charge in [-0.3, -0.25) is 0 Å². The van der Waals surface area contributed by atoms with Gasteiger partial charge in [0.1, 0.15) is 11.5 Å². The van der Waals surface area contributed by atoms with Crippen molar-refractivity contribution < 1.29 is 9.47 Å². The molecule has 0 fully saturated rings. The standard InChI is InChI=1S/C15H14O2/c1-16-10-13-11-6-2-4-8-14(11)17-15-9-5-3-7-12(13)15/h2-9,13H,10H2,1H3. The smallest absolute Gasteiger partial charge is 0.131 e. The van der Waals surface area contributed by atoms with Crippen molar-refractivity contribution in [3.8, 4) is 11.5 Å². The Balaban J connectivity index is 2.13. The number of para-hydroxylation sites is 2. The summed E-state index contributed by atoms with van der Waals surface area (Å²) in [5, 5.41) is 0. The molecule has 1 heterocycles. The summed E-state index contributed by atoms with van der Waals surface area (Å²) in [6.07, 6.45) is 0. The lowest BCUT2D eigenvalue weighted by Gasteiger charge is -2.27. The zero-order valence-corrected chi connectivity index (χ0v) is 9.72. The van der Waals surface area contributed by atoms with E-state index in [0.717, 1.165) is 11.5 Å². The van der Waals surface area contributed by atoms with E-state index in [1.54, 1.807) is 7.11 Å². The molecule has 2 aromatic rings. The van der Waals surface area contributed by atoms with Crippen LogP contribution in [0.25, 0.3) is 0 Å². The normalized spacial score (nSPS) is 13.7. The SMILES string of the molecule is COCC1c2ccccc2Oc2ccccc21. The summed E-state index contributed by atoms with van der Waals surface area (Å²) in [6.45, 7) is 0.678. The number of ether oxygens (including phenoxy) is 2. The van der Waals surface area contributed by atoms with Gasteiger partial charge in [-0.2, -0.15) is 0 Å². The second-order valence-corrected chi connectivity index (χ2v) is 4.19. The van der Waals surface area contributed by atoms with Crippen molar-refractivity contribution in [2.45, 2.75) is 5.92 Å². The van der Waals surface area contributed by atoms with E-state index in [-0.39, 0.29) is 5.92 Å². The van der Waals surface area contributed by atoms with E-state index in [2.05, 4.69) is 12.1 Å². The predicted molar refractivity (Wildman–Crippen MR) is 66.7 cm³/mol. The molecule has 17 heavy (non-hydrogen) atoms. The van der Waals surface area contributed by atoms with Gasteiger partial charge in [0.15, 0.2) is 0 Å². The predicted octanol–water partition coefficient (Wildman–Crippen LogP) is 3.57. The number of rotatable bonds is 2. The molecule has 1 aliphatic rings. The van der Waals surface area contributed by atoms with Gasteiger partial charge in [0.05, 0.1) is 6.61 Å². The summed E-state index contributed by atoms with van der Waals surface area (Å²) >= 11 is 0. The lowest BCUT2D eigenvalue weighted by atomic mass is 9.89. The second kappa shape index (κ2) is 4.22. The van der Waals surface area contributed by atoms with Crippen LogP contribution in [0, 0.1) is 0 Å². The van der Waals surface area contributed by atoms with Crippen LogP contribution < -0.4 is 4.74 Å². The lowest BCUT2D eigenvalue weighted by molar-refractivity contribution is 0.185. The highest BCUT2D eigenvalue weighted by Crippen LogP contribution is 2.43. The van der Waals surface area contributed by atoms with Crippen LogP contribution in [0.5, 0.6) is 11.5 Å². The maximum atomic E-state index is 5.90. The number of benzene rings is 2. The molecule has 0 saturated heterocycles. The molecule has 0 N–H and O–H groups in total. The molecule has 0 spiro atoms. The van der Waals surface area contributed by atoms with Crippen molar-refractivity contribution in [3.63, 3.8) is 0 Å². The van der Waals surface area contributed by atoms with Crippen molar-refractivity contribution in [1.82, 2.24) is 0 Å². The molecule has 3 rings (SSSR count). The van der Waals surface area contributed by atoms with E-state index in [9.17, 15) is 0 Å². The summed E-state index contributed by atoms with van der Waals surface area (Å²) < 4.78 is 11.2. The molecule has 0 aromatic heterocycles. The van der Waals surface area contributed by atoms with Crippen molar-refractivity contribution in [2.24, 2.45) is 0 Å². The minimum absolute atomic E-state index is 0.265. The average Bonchev–Trinajstić information content (AvgIpc) is 2.39. The minimum atomic E-state index is 0.265. The first kappa shape index (κ1) is 10.4. The zero-order valence-electron chi connectivity index (χ0n) is 9.72. The van der Waals surface area contributed by atoms with Gasteiger partial charge < -0.3 is 9.47 Å². The van der Waals surface area contributed by atoms with Crippen molar-refractivity contribution >= 4 is 0 Å². The molecule has 0 amide bonds. The number of fused-ring (bicyclic) bond motifs is 2. The Morgan fingerprint density at radius 1 is 0.941 bits per heavy atom. The van der Waals surface area contributed by atoms with Gasteiger partial charge >= 0.3 is 0 Å². The molecule has 0 radical (unpaired) electrons. The Hall–Kier alpha value is -1.80. The van der Waals surface area contributed by atoms with Crippen LogP contribution in [0.15, 0.2) is 48.5 Å². The van der Waals surface area contributed by atoms with Gasteiger partial charge in [-0.05, 0) is 12.1 Å². The second-order valence-electron chi connectivity index (χ2n) is 4.19. The quantitative estimate of drug-likeness (QED) is 0.779. The Bertz CT molecular complexity index is 488. The fourth-order valence-electron chi connectivity index (χ4n) is 2.35. The highest BCUT2D eigenvalue weighted by atomic mass is 16.5. The molecule has 0 atom stereocenters. The van der Waals surface area contributed by atoms with Crippen LogP contribution in [0.2, 0.25) is 0 Å². The first-order valence-corrected chi connectivity index (χ1v) is 5.75.